The van der Waals surface area contributed by atoms with E-state index in [1.165, 1.54) is 7.11 Å². The van der Waals surface area contributed by atoms with Crippen molar-refractivity contribution in [3.05, 3.63) is 0 Å². The summed E-state index contributed by atoms with van der Waals surface area (Å²) in [6.07, 6.45) is -3.11. The zero-order valence-electron chi connectivity index (χ0n) is 19.3. The average molecular weight is 420 g/mol. The van der Waals surface area contributed by atoms with Crippen LogP contribution in [0.15, 0.2) is 0 Å². The molecular formula is C20H37NO8. The van der Waals surface area contributed by atoms with E-state index in [0.29, 0.717) is 0 Å². The minimum Gasteiger partial charge on any atom is -0.469 e. The molecule has 0 aliphatic carbocycles. The van der Waals surface area contributed by atoms with Crippen molar-refractivity contribution in [1.82, 2.24) is 4.90 Å². The Balaban J connectivity index is 6.02. The summed E-state index contributed by atoms with van der Waals surface area (Å²) < 4.78 is 20.9. The molecular weight excluding hydrogens is 382 g/mol. The van der Waals surface area contributed by atoms with Crippen molar-refractivity contribution >= 4 is 18.0 Å². The number of rotatable bonds is 7. The fourth-order valence-electron chi connectivity index (χ4n) is 2.16. The van der Waals surface area contributed by atoms with Gasteiger partial charge in [-0.3, -0.25) is 4.79 Å². The molecule has 9 nitrogen and oxygen atoms in total. The second kappa shape index (κ2) is 10.2. The maximum atomic E-state index is 12.9. The highest BCUT2D eigenvalue weighted by Gasteiger charge is 2.41. The minimum atomic E-state index is -1.81. The van der Waals surface area contributed by atoms with Crippen LogP contribution in [-0.2, 0) is 28.5 Å². The second-order valence-electron chi connectivity index (χ2n) is 9.61. The van der Waals surface area contributed by atoms with E-state index in [4.69, 9.17) is 14.2 Å². The third-order valence-corrected chi connectivity index (χ3v) is 3.17. The summed E-state index contributed by atoms with van der Waals surface area (Å²) in [4.78, 5) is 38.1. The number of nitrogens with zero attached hydrogens (tertiary/aromatic N) is 1. The summed E-state index contributed by atoms with van der Waals surface area (Å²) in [6.45, 7) is 15.0. The molecule has 0 aromatic carbocycles. The van der Waals surface area contributed by atoms with Crippen LogP contribution < -0.4 is 0 Å². The third-order valence-electron chi connectivity index (χ3n) is 3.17. The van der Waals surface area contributed by atoms with Crippen molar-refractivity contribution in [3.8, 4) is 0 Å². The molecule has 0 aliphatic heterocycles. The minimum absolute atomic E-state index is 0.147. The Labute approximate surface area is 173 Å². The van der Waals surface area contributed by atoms with Crippen LogP contribution in [0.4, 0.5) is 4.79 Å². The SMILES string of the molecule is COC(=O)CC[C@@H](C(=O)OC(C)(C)C)N(C(=O)OC(C)(C)C)C(O)OC(C)(C)C. The van der Waals surface area contributed by atoms with Crippen molar-refractivity contribution in [2.75, 3.05) is 7.11 Å². The van der Waals surface area contributed by atoms with Gasteiger partial charge in [0.15, 0.2) is 0 Å². The first kappa shape index (κ1) is 27.1. The molecule has 0 saturated heterocycles. The molecule has 170 valence electrons. The van der Waals surface area contributed by atoms with Crippen LogP contribution in [0.2, 0.25) is 0 Å². The Kier molecular flexibility index (Phi) is 9.59. The molecule has 2 atom stereocenters. The van der Waals surface area contributed by atoms with Crippen molar-refractivity contribution in [1.29, 1.82) is 0 Å². The zero-order chi connectivity index (χ0) is 23.2. The Morgan fingerprint density at radius 3 is 1.72 bits per heavy atom. The highest BCUT2D eigenvalue weighted by molar-refractivity contribution is 5.82. The molecule has 0 bridgehead atoms. The van der Waals surface area contributed by atoms with Gasteiger partial charge in [-0.2, -0.15) is 0 Å². The maximum Gasteiger partial charge on any atom is 0.415 e. The Hall–Kier alpha value is -1.87. The van der Waals surface area contributed by atoms with Gasteiger partial charge in [0.25, 0.3) is 0 Å². The summed E-state index contributed by atoms with van der Waals surface area (Å²) in [7, 11) is 1.22. The normalized spacial score (nSPS) is 14.6. The Morgan fingerprint density at radius 2 is 1.34 bits per heavy atom. The van der Waals surface area contributed by atoms with Gasteiger partial charge in [-0.05, 0) is 68.7 Å². The molecule has 1 amide bonds. The van der Waals surface area contributed by atoms with E-state index >= 15 is 0 Å². The summed E-state index contributed by atoms with van der Waals surface area (Å²) in [6, 6.07) is -1.33. The molecule has 0 aromatic heterocycles. The lowest BCUT2D eigenvalue weighted by molar-refractivity contribution is -0.242. The number of carbonyl (C=O) groups excluding carboxylic acids is 3. The molecule has 1 N–H and O–H groups in total. The van der Waals surface area contributed by atoms with E-state index in [9.17, 15) is 19.5 Å². The first-order valence-corrected chi connectivity index (χ1v) is 9.53. The number of hydrogen-bond acceptors (Lipinski definition) is 8. The number of carbonyl (C=O) groups is 3. The first-order chi connectivity index (χ1) is 12.9. The van der Waals surface area contributed by atoms with E-state index < -0.39 is 47.3 Å². The zero-order valence-corrected chi connectivity index (χ0v) is 19.3. The van der Waals surface area contributed by atoms with Gasteiger partial charge in [0.1, 0.15) is 17.2 Å². The molecule has 0 saturated carbocycles. The maximum absolute atomic E-state index is 12.9. The van der Waals surface area contributed by atoms with E-state index in [1.54, 1.807) is 62.3 Å². The van der Waals surface area contributed by atoms with E-state index in [1.807, 2.05) is 0 Å². The molecule has 0 aliphatic rings. The third kappa shape index (κ3) is 11.7. The lowest BCUT2D eigenvalue weighted by atomic mass is 10.1. The number of ether oxygens (including phenoxy) is 4. The van der Waals surface area contributed by atoms with E-state index in [-0.39, 0.29) is 12.8 Å². The van der Waals surface area contributed by atoms with Crippen LogP contribution in [0.5, 0.6) is 0 Å². The predicted octanol–water partition coefficient (Wildman–Crippen LogP) is 2.98. The first-order valence-electron chi connectivity index (χ1n) is 9.53. The van der Waals surface area contributed by atoms with Crippen molar-refractivity contribution < 1.29 is 38.4 Å². The fourth-order valence-corrected chi connectivity index (χ4v) is 2.16. The number of methoxy groups -OCH3 is 1. The van der Waals surface area contributed by atoms with E-state index in [0.717, 1.165) is 4.90 Å². The number of aliphatic hydroxyl groups is 1. The monoisotopic (exact) mass is 419 g/mol. The van der Waals surface area contributed by atoms with Gasteiger partial charge in [0.2, 0.25) is 6.41 Å². The van der Waals surface area contributed by atoms with Crippen LogP contribution in [0, 0.1) is 0 Å². The quantitative estimate of drug-likeness (QED) is 0.381. The summed E-state index contributed by atoms with van der Waals surface area (Å²) in [5.41, 5.74) is -2.58. The van der Waals surface area contributed by atoms with Gasteiger partial charge < -0.3 is 24.1 Å². The summed E-state index contributed by atoms with van der Waals surface area (Å²) in [5, 5.41) is 10.6. The molecule has 0 fully saturated rings. The average Bonchev–Trinajstić information content (AvgIpc) is 2.44. The molecule has 0 spiro atoms. The van der Waals surface area contributed by atoms with Gasteiger partial charge in [0, 0.05) is 6.42 Å². The largest absolute Gasteiger partial charge is 0.469 e. The summed E-state index contributed by atoms with van der Waals surface area (Å²) >= 11 is 0. The number of hydrogen-bond donors (Lipinski definition) is 1. The summed E-state index contributed by atoms with van der Waals surface area (Å²) in [5.74, 6) is -1.38. The van der Waals surface area contributed by atoms with Crippen LogP contribution in [0.25, 0.3) is 0 Å². The standard InChI is InChI=1S/C20H37NO8/c1-18(2,3)27-15(23)13(11-12-14(22)26-10)21(16(24)28-19(4,5)6)17(25)29-20(7,8)9/h13,16,24H,11-12H2,1-10H3/t13-,16?/m0/s1. The number of aliphatic hydroxyl groups excluding tert-OH is 1. The van der Waals surface area contributed by atoms with Crippen LogP contribution in [-0.4, -0.2) is 64.4 Å². The van der Waals surface area contributed by atoms with Crippen molar-refractivity contribution in [2.24, 2.45) is 0 Å². The van der Waals surface area contributed by atoms with Gasteiger partial charge in [-0.15, -0.1) is 0 Å². The van der Waals surface area contributed by atoms with Gasteiger partial charge in [0.05, 0.1) is 12.7 Å². The van der Waals surface area contributed by atoms with Crippen LogP contribution in [0.3, 0.4) is 0 Å². The smallest absolute Gasteiger partial charge is 0.415 e. The van der Waals surface area contributed by atoms with Gasteiger partial charge in [-0.1, -0.05) is 0 Å². The van der Waals surface area contributed by atoms with Crippen LogP contribution >= 0.6 is 0 Å². The van der Waals surface area contributed by atoms with Crippen LogP contribution in [0.1, 0.15) is 75.2 Å². The lowest BCUT2D eigenvalue weighted by Gasteiger charge is -2.38. The van der Waals surface area contributed by atoms with Crippen molar-refractivity contribution in [3.63, 3.8) is 0 Å². The second-order valence-corrected chi connectivity index (χ2v) is 9.61. The molecule has 29 heavy (non-hydrogen) atoms. The molecule has 0 radical (unpaired) electrons. The Morgan fingerprint density at radius 1 is 0.862 bits per heavy atom. The van der Waals surface area contributed by atoms with Gasteiger partial charge in [-0.25, -0.2) is 14.5 Å². The topological polar surface area (TPSA) is 112 Å². The molecule has 9 heteroatoms. The predicted molar refractivity (Wildman–Crippen MR) is 106 cm³/mol. The Bertz CT molecular complexity index is 569. The van der Waals surface area contributed by atoms with Gasteiger partial charge >= 0.3 is 18.0 Å². The molecule has 0 aromatic rings. The highest BCUT2D eigenvalue weighted by Crippen LogP contribution is 2.23. The lowest BCUT2D eigenvalue weighted by Crippen LogP contribution is -2.55. The molecule has 0 heterocycles. The van der Waals surface area contributed by atoms with Crippen molar-refractivity contribution in [2.45, 2.75) is 104 Å². The van der Waals surface area contributed by atoms with E-state index in [2.05, 4.69) is 4.74 Å². The molecule has 1 unspecified atom stereocenters. The number of amides is 1. The number of esters is 2. The highest BCUT2D eigenvalue weighted by atomic mass is 16.7. The molecule has 0 rings (SSSR count). The fraction of sp³-hybridized carbons (Fsp3) is 0.850.